The van der Waals surface area contributed by atoms with Gasteiger partial charge in [0.05, 0.1) is 16.6 Å². The summed E-state index contributed by atoms with van der Waals surface area (Å²) in [5.74, 6) is 1.13. The molecule has 0 spiro atoms. The Balaban J connectivity index is 1.60. The van der Waals surface area contributed by atoms with Crippen LogP contribution < -0.4 is 0 Å². The lowest BCUT2D eigenvalue weighted by Crippen LogP contribution is -2.48. The highest BCUT2D eigenvalue weighted by Gasteiger charge is 2.24. The van der Waals surface area contributed by atoms with Crippen molar-refractivity contribution >= 4 is 16.7 Å². The lowest BCUT2D eigenvalue weighted by atomic mass is 10.2. The van der Waals surface area contributed by atoms with Crippen LogP contribution >= 0.6 is 0 Å². The lowest BCUT2D eigenvalue weighted by molar-refractivity contribution is 0.0605. The highest BCUT2D eigenvalue weighted by molar-refractivity contribution is 7.84. The van der Waals surface area contributed by atoms with Gasteiger partial charge in [-0.05, 0) is 43.7 Å². The zero-order valence-electron chi connectivity index (χ0n) is 15.4. The van der Waals surface area contributed by atoms with Crippen LogP contribution in [0.1, 0.15) is 35.2 Å². The molecule has 0 saturated carbocycles. The molecule has 1 saturated heterocycles. The molecular weight excluding hydrogens is 348 g/mol. The molecule has 140 valence electrons. The second kappa shape index (κ2) is 8.64. The summed E-state index contributed by atoms with van der Waals surface area (Å²) < 4.78 is 18.3. The van der Waals surface area contributed by atoms with Gasteiger partial charge < -0.3 is 9.32 Å². The molecule has 1 aliphatic heterocycles. The van der Waals surface area contributed by atoms with E-state index in [1.54, 1.807) is 12.1 Å². The highest BCUT2D eigenvalue weighted by Crippen LogP contribution is 2.19. The van der Waals surface area contributed by atoms with Crippen LogP contribution in [-0.2, 0) is 16.6 Å². The van der Waals surface area contributed by atoms with Gasteiger partial charge in [0.25, 0.3) is 5.91 Å². The summed E-state index contributed by atoms with van der Waals surface area (Å²) in [5, 5.41) is 0. The third kappa shape index (κ3) is 4.43. The van der Waals surface area contributed by atoms with E-state index in [4.69, 9.17) is 4.42 Å². The first-order valence-electron chi connectivity index (χ1n) is 9.13. The van der Waals surface area contributed by atoms with Crippen molar-refractivity contribution in [3.05, 3.63) is 53.5 Å². The van der Waals surface area contributed by atoms with Crippen LogP contribution in [0.5, 0.6) is 0 Å². The second-order valence-corrected chi connectivity index (χ2v) is 8.07. The fourth-order valence-electron chi connectivity index (χ4n) is 3.24. The summed E-state index contributed by atoms with van der Waals surface area (Å²) in [6.07, 6.45) is 1.13. The minimum absolute atomic E-state index is 0.0749. The maximum atomic E-state index is 12.6. The normalized spacial score (nSPS) is 16.6. The van der Waals surface area contributed by atoms with E-state index in [9.17, 15) is 9.00 Å². The van der Waals surface area contributed by atoms with Crippen molar-refractivity contribution in [1.82, 2.24) is 9.80 Å². The molecule has 0 N–H and O–H groups in total. The minimum atomic E-state index is -1.18. The molecule has 1 aliphatic rings. The van der Waals surface area contributed by atoms with E-state index >= 15 is 0 Å². The van der Waals surface area contributed by atoms with Crippen molar-refractivity contribution in [1.29, 1.82) is 0 Å². The van der Waals surface area contributed by atoms with E-state index in [0.29, 0.717) is 11.5 Å². The summed E-state index contributed by atoms with van der Waals surface area (Å²) in [6.45, 7) is 8.46. The van der Waals surface area contributed by atoms with Gasteiger partial charge in [-0.15, -0.1) is 0 Å². The van der Waals surface area contributed by atoms with Gasteiger partial charge in [0.15, 0.2) is 5.76 Å². The number of nitrogens with zero attached hydrogens (tertiary/aromatic N) is 2. The number of furan rings is 1. The van der Waals surface area contributed by atoms with Gasteiger partial charge >= 0.3 is 0 Å². The molecule has 5 nitrogen and oxygen atoms in total. The third-order valence-electron chi connectivity index (χ3n) is 4.68. The topological polar surface area (TPSA) is 53.8 Å². The maximum Gasteiger partial charge on any atom is 0.289 e. The molecule has 0 aliphatic carbocycles. The quantitative estimate of drug-likeness (QED) is 0.780. The van der Waals surface area contributed by atoms with Gasteiger partial charge in [0.2, 0.25) is 0 Å². The third-order valence-corrected chi connectivity index (χ3v) is 6.18. The zero-order valence-corrected chi connectivity index (χ0v) is 16.3. The molecule has 2 aromatic rings. The van der Waals surface area contributed by atoms with Crippen LogP contribution in [0.25, 0.3) is 0 Å². The summed E-state index contributed by atoms with van der Waals surface area (Å²) in [6, 6.07) is 11.1. The number of hydrogen-bond acceptors (Lipinski definition) is 4. The number of piperazine rings is 1. The van der Waals surface area contributed by atoms with Gasteiger partial charge in [-0.1, -0.05) is 25.1 Å². The Morgan fingerprint density at radius 3 is 2.54 bits per heavy atom. The Kier molecular flexibility index (Phi) is 6.27. The van der Waals surface area contributed by atoms with Crippen molar-refractivity contribution in [2.75, 3.05) is 32.7 Å². The van der Waals surface area contributed by atoms with E-state index < -0.39 is 10.8 Å². The fraction of sp³-hybridized carbons (Fsp3) is 0.450. The van der Waals surface area contributed by atoms with Crippen molar-refractivity contribution < 1.29 is 13.4 Å². The molecule has 1 aromatic carbocycles. The van der Waals surface area contributed by atoms with E-state index in [2.05, 4.69) is 11.8 Å². The first kappa shape index (κ1) is 18.9. The highest BCUT2D eigenvalue weighted by atomic mass is 32.2. The van der Waals surface area contributed by atoms with Gasteiger partial charge in [0, 0.05) is 31.1 Å². The largest absolute Gasteiger partial charge is 0.455 e. The van der Waals surface area contributed by atoms with Crippen molar-refractivity contribution in [2.24, 2.45) is 0 Å². The van der Waals surface area contributed by atoms with Crippen LogP contribution in [0, 0.1) is 6.92 Å². The number of rotatable bonds is 6. The Hall–Kier alpha value is -1.92. The van der Waals surface area contributed by atoms with E-state index in [1.165, 1.54) is 0 Å². The lowest BCUT2D eigenvalue weighted by Gasteiger charge is -2.34. The van der Waals surface area contributed by atoms with Crippen molar-refractivity contribution in [2.45, 2.75) is 30.9 Å². The average Bonchev–Trinajstić information content (AvgIpc) is 3.11. The molecule has 1 atom stereocenters. The van der Waals surface area contributed by atoms with Crippen LogP contribution in [0.2, 0.25) is 0 Å². The number of amides is 1. The molecule has 0 unspecified atom stereocenters. The molecule has 1 fully saturated rings. The zero-order chi connectivity index (χ0) is 18.5. The molecule has 2 heterocycles. The van der Waals surface area contributed by atoms with Gasteiger partial charge in [-0.25, -0.2) is 0 Å². The molecule has 26 heavy (non-hydrogen) atoms. The summed E-state index contributed by atoms with van der Waals surface area (Å²) in [5.41, 5.74) is 0.999. The Labute approximate surface area is 157 Å². The van der Waals surface area contributed by atoms with Crippen LogP contribution in [0.15, 0.2) is 45.7 Å². The number of aryl methyl sites for hydroxylation is 1. The minimum Gasteiger partial charge on any atom is -0.455 e. The molecular formula is C20H26N2O3S. The first-order valence-corrected chi connectivity index (χ1v) is 10.4. The fourth-order valence-corrected chi connectivity index (χ4v) is 4.46. The second-order valence-electron chi connectivity index (χ2n) is 6.66. The van der Waals surface area contributed by atoms with Crippen LogP contribution in [0.4, 0.5) is 0 Å². The first-order chi connectivity index (χ1) is 12.6. The van der Waals surface area contributed by atoms with Crippen molar-refractivity contribution in [3.63, 3.8) is 0 Å². The molecule has 6 heteroatoms. The smallest absolute Gasteiger partial charge is 0.289 e. The van der Waals surface area contributed by atoms with E-state index in [1.807, 2.05) is 36.1 Å². The predicted molar refractivity (Wildman–Crippen MR) is 103 cm³/mol. The van der Waals surface area contributed by atoms with Crippen LogP contribution in [-0.4, -0.2) is 52.6 Å². The molecule has 0 radical (unpaired) electrons. The number of hydrogen-bond donors (Lipinski definition) is 0. The molecule has 3 rings (SSSR count). The summed E-state index contributed by atoms with van der Waals surface area (Å²) in [4.78, 5) is 17.7. The van der Waals surface area contributed by atoms with E-state index in [-0.39, 0.29) is 11.7 Å². The maximum absolute atomic E-state index is 12.6. The van der Waals surface area contributed by atoms with E-state index in [0.717, 1.165) is 49.6 Å². The number of carbonyl (C=O) groups is 1. The monoisotopic (exact) mass is 374 g/mol. The number of carbonyl (C=O) groups excluding carboxylic acids is 1. The Morgan fingerprint density at radius 2 is 1.85 bits per heavy atom. The van der Waals surface area contributed by atoms with Crippen LogP contribution in [0.3, 0.4) is 0 Å². The molecule has 1 aromatic heterocycles. The van der Waals surface area contributed by atoms with Gasteiger partial charge in [-0.3, -0.25) is 13.9 Å². The average molecular weight is 375 g/mol. The Bertz CT molecular complexity index is 779. The van der Waals surface area contributed by atoms with Gasteiger partial charge in [-0.2, -0.15) is 0 Å². The predicted octanol–water partition coefficient (Wildman–Crippen LogP) is 3.06. The van der Waals surface area contributed by atoms with Crippen molar-refractivity contribution in [3.8, 4) is 0 Å². The Morgan fingerprint density at radius 1 is 1.12 bits per heavy atom. The standard InChI is InChI=1S/C20H26N2O3S/c1-3-10-21-11-13-22(14-12-21)20(23)18-9-8-17(25-18)15-26(24)19-7-5-4-6-16(19)2/h4-9H,3,10-15H2,1-2H3/t26-/m0/s1. The molecule has 1 amide bonds. The van der Waals surface area contributed by atoms with Gasteiger partial charge in [0.1, 0.15) is 5.76 Å². The summed E-state index contributed by atoms with van der Waals surface area (Å²) in [7, 11) is -1.18. The number of benzene rings is 1. The SMILES string of the molecule is CCCN1CCN(C(=O)c2ccc(C[S@](=O)c3ccccc3C)o2)CC1. The summed E-state index contributed by atoms with van der Waals surface area (Å²) >= 11 is 0. The molecule has 0 bridgehead atoms.